The summed E-state index contributed by atoms with van der Waals surface area (Å²) >= 11 is 3.44. The summed E-state index contributed by atoms with van der Waals surface area (Å²) in [5.41, 5.74) is 1.73. The van der Waals surface area contributed by atoms with E-state index in [1.807, 2.05) is 24.3 Å². The summed E-state index contributed by atoms with van der Waals surface area (Å²) < 4.78 is 0.958. The fourth-order valence-electron chi connectivity index (χ4n) is 2.48. The van der Waals surface area contributed by atoms with Crippen molar-refractivity contribution in [1.29, 1.82) is 0 Å². The van der Waals surface area contributed by atoms with Gasteiger partial charge in [0.2, 0.25) is 5.91 Å². The Labute approximate surface area is 119 Å². The number of carbonyl (C=O) groups is 1. The van der Waals surface area contributed by atoms with Crippen molar-refractivity contribution in [1.82, 2.24) is 4.98 Å². The Morgan fingerprint density at radius 1 is 1.42 bits per heavy atom. The third-order valence-electron chi connectivity index (χ3n) is 3.43. The number of amides is 1. The Balaban J connectivity index is 2.10. The van der Waals surface area contributed by atoms with Gasteiger partial charge in [-0.3, -0.25) is 9.78 Å². The van der Waals surface area contributed by atoms with Crippen LogP contribution in [0.2, 0.25) is 0 Å². The molecule has 1 aliphatic heterocycles. The molecule has 19 heavy (non-hydrogen) atoms. The Hall–Kier alpha value is -1.46. The van der Waals surface area contributed by atoms with Gasteiger partial charge in [-0.05, 0) is 24.3 Å². The molecule has 1 N–H and O–H groups in total. The van der Waals surface area contributed by atoms with E-state index in [2.05, 4.69) is 20.9 Å². The van der Waals surface area contributed by atoms with Gasteiger partial charge in [0.15, 0.2) is 0 Å². The van der Waals surface area contributed by atoms with Crippen LogP contribution < -0.4 is 4.90 Å². The minimum absolute atomic E-state index is 0.0304. The molecule has 1 unspecified atom stereocenters. The van der Waals surface area contributed by atoms with E-state index in [1.54, 1.807) is 11.1 Å². The molecule has 1 amide bonds. The first-order valence-electron chi connectivity index (χ1n) is 6.14. The van der Waals surface area contributed by atoms with E-state index in [9.17, 15) is 9.90 Å². The Kier molecular flexibility index (Phi) is 3.24. The fraction of sp³-hybridized carbons (Fsp3) is 0.286. The maximum Gasteiger partial charge on any atom is 0.227 e. The molecule has 2 heterocycles. The van der Waals surface area contributed by atoms with Crippen molar-refractivity contribution in [3.8, 4) is 0 Å². The van der Waals surface area contributed by atoms with Crippen molar-refractivity contribution in [2.45, 2.75) is 6.42 Å². The predicted molar refractivity (Wildman–Crippen MR) is 77.0 cm³/mol. The molecule has 0 radical (unpaired) electrons. The van der Waals surface area contributed by atoms with Crippen LogP contribution in [0.4, 0.5) is 5.69 Å². The van der Waals surface area contributed by atoms with Crippen molar-refractivity contribution in [3.05, 3.63) is 34.9 Å². The first-order chi connectivity index (χ1) is 9.19. The standard InChI is InChI=1S/C14H13BrN2O2/c15-10-1-2-12-11(6-10)13(3-4-16-12)17-7-9(8-18)5-14(17)19/h1-4,6,9,18H,5,7-8H2. The van der Waals surface area contributed by atoms with Crippen LogP contribution in [-0.2, 0) is 4.79 Å². The smallest absolute Gasteiger partial charge is 0.227 e. The van der Waals surface area contributed by atoms with Crippen LogP contribution >= 0.6 is 15.9 Å². The van der Waals surface area contributed by atoms with E-state index in [0.29, 0.717) is 13.0 Å². The first-order valence-corrected chi connectivity index (χ1v) is 6.94. The minimum Gasteiger partial charge on any atom is -0.396 e. The summed E-state index contributed by atoms with van der Waals surface area (Å²) in [7, 11) is 0. The lowest BCUT2D eigenvalue weighted by atomic mass is 10.1. The summed E-state index contributed by atoms with van der Waals surface area (Å²) in [5, 5.41) is 10.2. The Morgan fingerprint density at radius 3 is 3.00 bits per heavy atom. The lowest BCUT2D eigenvalue weighted by molar-refractivity contribution is -0.117. The molecular formula is C14H13BrN2O2. The molecule has 1 saturated heterocycles. The highest BCUT2D eigenvalue weighted by atomic mass is 79.9. The average Bonchev–Trinajstić information content (AvgIpc) is 2.79. The van der Waals surface area contributed by atoms with E-state index in [4.69, 9.17) is 0 Å². The number of hydrogen-bond acceptors (Lipinski definition) is 3. The maximum atomic E-state index is 12.1. The summed E-state index contributed by atoms with van der Waals surface area (Å²) in [4.78, 5) is 18.1. The molecule has 3 rings (SSSR count). The highest BCUT2D eigenvalue weighted by molar-refractivity contribution is 9.10. The number of fused-ring (bicyclic) bond motifs is 1. The van der Waals surface area contributed by atoms with Gasteiger partial charge in [-0.2, -0.15) is 0 Å². The SMILES string of the molecule is O=C1CC(CO)CN1c1ccnc2ccc(Br)cc12. The van der Waals surface area contributed by atoms with Gasteiger partial charge in [0.25, 0.3) is 0 Å². The molecule has 98 valence electrons. The Morgan fingerprint density at radius 2 is 2.26 bits per heavy atom. The number of hydrogen-bond donors (Lipinski definition) is 1. The minimum atomic E-state index is 0.0304. The van der Waals surface area contributed by atoms with Gasteiger partial charge >= 0.3 is 0 Å². The van der Waals surface area contributed by atoms with E-state index < -0.39 is 0 Å². The number of aliphatic hydroxyl groups excluding tert-OH is 1. The van der Waals surface area contributed by atoms with E-state index in [-0.39, 0.29) is 18.4 Å². The monoisotopic (exact) mass is 320 g/mol. The largest absolute Gasteiger partial charge is 0.396 e. The van der Waals surface area contributed by atoms with Gasteiger partial charge in [-0.1, -0.05) is 15.9 Å². The number of carbonyl (C=O) groups excluding carboxylic acids is 1. The van der Waals surface area contributed by atoms with Crippen LogP contribution in [-0.4, -0.2) is 29.1 Å². The highest BCUT2D eigenvalue weighted by Gasteiger charge is 2.30. The van der Waals surface area contributed by atoms with Crippen LogP contribution in [0.5, 0.6) is 0 Å². The first kappa shape index (κ1) is 12.6. The molecule has 0 spiro atoms. The van der Waals surface area contributed by atoms with Crippen LogP contribution in [0.25, 0.3) is 10.9 Å². The van der Waals surface area contributed by atoms with Crippen LogP contribution in [0.15, 0.2) is 34.9 Å². The summed E-state index contributed by atoms with van der Waals surface area (Å²) in [6.07, 6.45) is 2.12. The maximum absolute atomic E-state index is 12.1. The summed E-state index contributed by atoms with van der Waals surface area (Å²) in [5.74, 6) is 0.0920. The van der Waals surface area contributed by atoms with E-state index >= 15 is 0 Å². The average molecular weight is 321 g/mol. The second kappa shape index (κ2) is 4.90. The van der Waals surface area contributed by atoms with Crippen molar-refractivity contribution >= 4 is 38.4 Å². The molecule has 1 aliphatic rings. The molecule has 2 aromatic rings. The third-order valence-corrected chi connectivity index (χ3v) is 3.93. The number of halogens is 1. The molecule has 1 aromatic heterocycles. The number of nitrogens with zero attached hydrogens (tertiary/aromatic N) is 2. The number of anilines is 1. The fourth-order valence-corrected chi connectivity index (χ4v) is 2.84. The van der Waals surface area contributed by atoms with Crippen LogP contribution in [0.3, 0.4) is 0 Å². The van der Waals surface area contributed by atoms with Crippen molar-refractivity contribution in [2.75, 3.05) is 18.1 Å². The molecular weight excluding hydrogens is 308 g/mol. The van der Waals surface area contributed by atoms with Gasteiger partial charge in [-0.15, -0.1) is 0 Å². The molecule has 0 saturated carbocycles. The summed E-state index contributed by atoms with van der Waals surface area (Å²) in [6, 6.07) is 7.68. The Bertz CT molecular complexity index is 644. The van der Waals surface area contributed by atoms with Crippen LogP contribution in [0.1, 0.15) is 6.42 Å². The van der Waals surface area contributed by atoms with Crippen molar-refractivity contribution in [3.63, 3.8) is 0 Å². The van der Waals surface area contributed by atoms with E-state index in [1.165, 1.54) is 0 Å². The lowest BCUT2D eigenvalue weighted by Gasteiger charge is -2.18. The lowest BCUT2D eigenvalue weighted by Crippen LogP contribution is -2.25. The zero-order valence-corrected chi connectivity index (χ0v) is 11.8. The molecule has 1 atom stereocenters. The van der Waals surface area contributed by atoms with Crippen LogP contribution in [0, 0.1) is 5.92 Å². The molecule has 1 aromatic carbocycles. The normalized spacial score (nSPS) is 19.4. The molecule has 4 nitrogen and oxygen atoms in total. The molecule has 0 aliphatic carbocycles. The van der Waals surface area contributed by atoms with E-state index in [0.717, 1.165) is 21.1 Å². The molecule has 5 heteroatoms. The topological polar surface area (TPSA) is 53.4 Å². The number of benzene rings is 1. The van der Waals surface area contributed by atoms with Gasteiger partial charge in [0.1, 0.15) is 0 Å². The van der Waals surface area contributed by atoms with Gasteiger partial charge < -0.3 is 10.0 Å². The van der Waals surface area contributed by atoms with Gasteiger partial charge in [0, 0.05) is 41.5 Å². The second-order valence-electron chi connectivity index (χ2n) is 4.75. The zero-order chi connectivity index (χ0) is 13.4. The second-order valence-corrected chi connectivity index (χ2v) is 5.66. The number of rotatable bonds is 2. The number of aliphatic hydroxyl groups is 1. The van der Waals surface area contributed by atoms with Gasteiger partial charge in [-0.25, -0.2) is 0 Å². The third kappa shape index (κ3) is 2.24. The zero-order valence-electron chi connectivity index (χ0n) is 10.2. The number of pyridine rings is 1. The van der Waals surface area contributed by atoms with Crippen molar-refractivity contribution in [2.24, 2.45) is 5.92 Å². The van der Waals surface area contributed by atoms with Gasteiger partial charge in [0.05, 0.1) is 11.2 Å². The number of aromatic nitrogens is 1. The van der Waals surface area contributed by atoms with Crippen molar-refractivity contribution < 1.29 is 9.90 Å². The quantitative estimate of drug-likeness (QED) is 0.924. The summed E-state index contributed by atoms with van der Waals surface area (Å²) in [6.45, 7) is 0.621. The highest BCUT2D eigenvalue weighted by Crippen LogP contribution is 2.32. The predicted octanol–water partition coefficient (Wildman–Crippen LogP) is 2.34. The molecule has 0 bridgehead atoms. The molecule has 1 fully saturated rings.